The van der Waals surface area contributed by atoms with Gasteiger partial charge in [0.25, 0.3) is 0 Å². The Bertz CT molecular complexity index is 1570. The van der Waals surface area contributed by atoms with E-state index in [9.17, 15) is 15.0 Å². The lowest BCUT2D eigenvalue weighted by Crippen LogP contribution is -2.47. The number of hydrogen-bond donors (Lipinski definition) is 2. The lowest BCUT2D eigenvalue weighted by Gasteiger charge is -2.37. The van der Waals surface area contributed by atoms with Crippen molar-refractivity contribution in [2.24, 2.45) is 0 Å². The molecule has 2 fully saturated rings. The molecular weight excluding hydrogens is 553 g/mol. The average molecular weight is 582 g/mol. The van der Waals surface area contributed by atoms with Gasteiger partial charge in [0.2, 0.25) is 0 Å². The van der Waals surface area contributed by atoms with E-state index in [1.54, 1.807) is 36.4 Å². The maximum absolute atomic E-state index is 11.6. The van der Waals surface area contributed by atoms with Gasteiger partial charge in [-0.1, -0.05) is 47.5 Å². The van der Waals surface area contributed by atoms with Crippen molar-refractivity contribution in [1.82, 2.24) is 14.5 Å². The van der Waals surface area contributed by atoms with Crippen LogP contribution in [0.1, 0.15) is 46.1 Å². The minimum Gasteiger partial charge on any atom is -0.487 e. The van der Waals surface area contributed by atoms with Crippen LogP contribution in [0.3, 0.4) is 0 Å². The summed E-state index contributed by atoms with van der Waals surface area (Å²) in [5.41, 5.74) is 3.88. The third-order valence-electron chi connectivity index (χ3n) is 7.69. The molecule has 2 aliphatic rings. The minimum absolute atomic E-state index is 0.185. The molecular formula is C30H29Cl2N3O5. The summed E-state index contributed by atoms with van der Waals surface area (Å²) in [6.07, 6.45) is 1.53. The molecule has 1 unspecified atom stereocenters. The number of nitrogens with zero attached hydrogens (tertiary/aromatic N) is 3. The first-order chi connectivity index (χ1) is 19.3. The zero-order chi connectivity index (χ0) is 27.9. The van der Waals surface area contributed by atoms with E-state index in [1.165, 1.54) is 5.56 Å². The first-order valence-electron chi connectivity index (χ1n) is 13.2. The van der Waals surface area contributed by atoms with E-state index in [0.29, 0.717) is 58.9 Å². The number of fused-ring (bicyclic) bond motifs is 1. The lowest BCUT2D eigenvalue weighted by atomic mass is 9.97. The van der Waals surface area contributed by atoms with E-state index in [0.717, 1.165) is 30.9 Å². The molecule has 0 spiro atoms. The molecule has 2 atom stereocenters. The maximum Gasteiger partial charge on any atom is 0.335 e. The minimum atomic E-state index is -1.26. The number of aromatic nitrogens is 2. The quantitative estimate of drug-likeness (QED) is 0.261. The fourth-order valence-electron chi connectivity index (χ4n) is 5.45. The van der Waals surface area contributed by atoms with Crippen molar-refractivity contribution in [3.05, 3.63) is 93.2 Å². The third kappa shape index (κ3) is 5.68. The molecule has 0 radical (unpaired) electrons. The molecule has 0 bridgehead atoms. The summed E-state index contributed by atoms with van der Waals surface area (Å²) in [4.78, 5) is 18.8. The van der Waals surface area contributed by atoms with Crippen LogP contribution < -0.4 is 4.74 Å². The number of carboxylic acids is 1. The van der Waals surface area contributed by atoms with Crippen molar-refractivity contribution in [2.75, 3.05) is 19.7 Å². The molecule has 10 heteroatoms. The van der Waals surface area contributed by atoms with E-state index in [-0.39, 0.29) is 12.1 Å². The van der Waals surface area contributed by atoms with Gasteiger partial charge in [-0.2, -0.15) is 0 Å². The van der Waals surface area contributed by atoms with Crippen LogP contribution in [-0.2, 0) is 24.4 Å². The summed E-state index contributed by atoms with van der Waals surface area (Å²) in [5.74, 6) is -0.521. The van der Waals surface area contributed by atoms with Gasteiger partial charge in [-0.3, -0.25) is 4.90 Å². The monoisotopic (exact) mass is 581 g/mol. The molecule has 2 aliphatic heterocycles. The Morgan fingerprint density at radius 2 is 2.00 bits per heavy atom. The van der Waals surface area contributed by atoms with E-state index in [4.69, 9.17) is 37.7 Å². The van der Waals surface area contributed by atoms with Crippen LogP contribution in [0.4, 0.5) is 0 Å². The SMILES string of the molecule is O=C(O)c1ccc2nc(CN3CCC(c4cccc(COc5ccc(Cl)cc5Cl)c4)C3)n(C[C@@]3(O)CCO3)c2c1. The Labute approximate surface area is 241 Å². The summed E-state index contributed by atoms with van der Waals surface area (Å²) in [6, 6.07) is 18.5. The van der Waals surface area contributed by atoms with Crippen LogP contribution in [0, 0.1) is 0 Å². The van der Waals surface area contributed by atoms with Gasteiger partial charge in [0.15, 0.2) is 5.79 Å². The van der Waals surface area contributed by atoms with Crippen molar-refractivity contribution in [2.45, 2.75) is 44.2 Å². The summed E-state index contributed by atoms with van der Waals surface area (Å²) >= 11 is 12.2. The fourth-order valence-corrected chi connectivity index (χ4v) is 5.91. The van der Waals surface area contributed by atoms with Gasteiger partial charge < -0.3 is 24.3 Å². The molecule has 1 aromatic heterocycles. The lowest BCUT2D eigenvalue weighted by molar-refractivity contribution is -0.288. The van der Waals surface area contributed by atoms with Crippen molar-refractivity contribution in [3.8, 4) is 5.75 Å². The Balaban J connectivity index is 1.17. The van der Waals surface area contributed by atoms with Crippen LogP contribution in [0.15, 0.2) is 60.7 Å². The molecule has 2 saturated heterocycles. The topological polar surface area (TPSA) is 97.1 Å². The number of benzene rings is 3. The maximum atomic E-state index is 11.6. The van der Waals surface area contributed by atoms with E-state index < -0.39 is 11.8 Å². The fraction of sp³-hybridized carbons (Fsp3) is 0.333. The summed E-state index contributed by atoms with van der Waals surface area (Å²) in [6.45, 7) is 3.45. The molecule has 0 aliphatic carbocycles. The number of carbonyl (C=O) groups is 1. The van der Waals surface area contributed by atoms with Gasteiger partial charge >= 0.3 is 5.97 Å². The second-order valence-electron chi connectivity index (χ2n) is 10.5. The number of hydrogen-bond acceptors (Lipinski definition) is 6. The standard InChI is InChI=1S/C30H29Cl2N3O5/c31-23-5-7-27(24(32)14-23)39-17-19-2-1-3-20(12-19)22-8-10-34(15-22)16-28-33-25-6-4-21(29(36)37)13-26(25)35(28)18-30(38)9-11-40-30/h1-7,12-14,22,38H,8-11,15-18H2,(H,36,37)/t22?,30-/m1/s1. The van der Waals surface area contributed by atoms with Crippen molar-refractivity contribution in [3.63, 3.8) is 0 Å². The zero-order valence-corrected chi connectivity index (χ0v) is 23.2. The van der Waals surface area contributed by atoms with Crippen LogP contribution in [0.2, 0.25) is 10.0 Å². The van der Waals surface area contributed by atoms with Gasteiger partial charge in [-0.05, 0) is 66.4 Å². The molecule has 0 amide bonds. The van der Waals surface area contributed by atoms with Gasteiger partial charge in [-0.25, -0.2) is 9.78 Å². The highest BCUT2D eigenvalue weighted by Gasteiger charge is 2.38. The van der Waals surface area contributed by atoms with Crippen LogP contribution in [-0.4, -0.2) is 56.1 Å². The molecule has 4 aromatic rings. The van der Waals surface area contributed by atoms with Gasteiger partial charge in [-0.15, -0.1) is 0 Å². The number of aliphatic hydroxyl groups is 1. The molecule has 8 nitrogen and oxygen atoms in total. The van der Waals surface area contributed by atoms with E-state index in [2.05, 4.69) is 23.1 Å². The third-order valence-corrected chi connectivity index (χ3v) is 8.22. The van der Waals surface area contributed by atoms with Crippen molar-refractivity contribution < 1.29 is 24.5 Å². The molecule has 2 N–H and O–H groups in total. The molecule has 208 valence electrons. The van der Waals surface area contributed by atoms with Crippen LogP contribution >= 0.6 is 23.2 Å². The highest BCUT2D eigenvalue weighted by atomic mass is 35.5. The predicted octanol–water partition coefficient (Wildman–Crippen LogP) is 5.72. The summed E-state index contributed by atoms with van der Waals surface area (Å²) in [5, 5.41) is 21.3. The second-order valence-corrected chi connectivity index (χ2v) is 11.3. The Kier molecular flexibility index (Phi) is 7.46. The number of rotatable bonds is 9. The molecule has 40 heavy (non-hydrogen) atoms. The number of likely N-dealkylation sites (tertiary alicyclic amines) is 1. The Hall–Kier alpha value is -3.14. The van der Waals surface area contributed by atoms with E-state index in [1.807, 2.05) is 10.6 Å². The first kappa shape index (κ1) is 27.1. The largest absolute Gasteiger partial charge is 0.487 e. The summed E-state index contributed by atoms with van der Waals surface area (Å²) < 4.78 is 13.3. The van der Waals surface area contributed by atoms with Gasteiger partial charge in [0, 0.05) is 18.0 Å². The average Bonchev–Trinajstić information content (AvgIpc) is 3.52. The Morgan fingerprint density at radius 1 is 1.15 bits per heavy atom. The number of imidazole rings is 1. The second kappa shape index (κ2) is 11.0. The van der Waals surface area contributed by atoms with E-state index >= 15 is 0 Å². The van der Waals surface area contributed by atoms with Crippen molar-refractivity contribution >= 4 is 40.2 Å². The molecule has 3 heterocycles. The first-order valence-corrected chi connectivity index (χ1v) is 14.0. The summed E-state index contributed by atoms with van der Waals surface area (Å²) in [7, 11) is 0. The highest BCUT2D eigenvalue weighted by molar-refractivity contribution is 6.35. The number of halogens is 2. The highest BCUT2D eigenvalue weighted by Crippen LogP contribution is 2.33. The predicted molar refractivity (Wildman–Crippen MR) is 152 cm³/mol. The molecule has 0 saturated carbocycles. The number of aromatic carboxylic acids is 1. The number of ether oxygens (including phenoxy) is 2. The zero-order valence-electron chi connectivity index (χ0n) is 21.7. The van der Waals surface area contributed by atoms with Crippen LogP contribution in [0.25, 0.3) is 11.0 Å². The smallest absolute Gasteiger partial charge is 0.335 e. The molecule has 6 rings (SSSR count). The Morgan fingerprint density at radius 3 is 2.75 bits per heavy atom. The van der Waals surface area contributed by atoms with Crippen molar-refractivity contribution in [1.29, 1.82) is 0 Å². The number of carboxylic acid groups (broad SMARTS) is 1. The van der Waals surface area contributed by atoms with Gasteiger partial charge in [0.05, 0.1) is 41.3 Å². The molecule has 3 aromatic carbocycles. The van der Waals surface area contributed by atoms with Gasteiger partial charge in [0.1, 0.15) is 18.2 Å². The normalized spacial score (nSPS) is 21.0. The van der Waals surface area contributed by atoms with Crippen LogP contribution in [0.5, 0.6) is 5.75 Å².